The molecule has 8 heteroatoms. The maximum absolute atomic E-state index is 12.4. The van der Waals surface area contributed by atoms with E-state index in [4.69, 9.17) is 0 Å². The van der Waals surface area contributed by atoms with Crippen LogP contribution in [0.3, 0.4) is 0 Å². The summed E-state index contributed by atoms with van der Waals surface area (Å²) in [7, 11) is 0. The van der Waals surface area contributed by atoms with Gasteiger partial charge in [0.2, 0.25) is 0 Å². The molecular weight excluding hydrogens is 311 g/mol. The average Bonchev–Trinajstić information content (AvgIpc) is 2.89. The lowest BCUT2D eigenvalue weighted by molar-refractivity contribution is -0.274. The number of benzene rings is 1. The molecule has 0 N–H and O–H groups in total. The van der Waals surface area contributed by atoms with E-state index in [0.29, 0.717) is 11.4 Å². The van der Waals surface area contributed by atoms with Crippen LogP contribution in [0.2, 0.25) is 0 Å². The predicted octanol–water partition coefficient (Wildman–Crippen LogP) is 3.10. The van der Waals surface area contributed by atoms with Gasteiger partial charge in [0.1, 0.15) is 11.7 Å². The summed E-state index contributed by atoms with van der Waals surface area (Å²) in [5, 5.41) is 5.17. The van der Waals surface area contributed by atoms with Gasteiger partial charge in [0, 0.05) is 12.4 Å². The Morgan fingerprint density at radius 3 is 2.43 bits per heavy atom. The molecule has 0 radical (unpaired) electrons. The highest BCUT2D eigenvalue weighted by molar-refractivity contribution is 6.11. The highest BCUT2D eigenvalue weighted by Crippen LogP contribution is 2.28. The van der Waals surface area contributed by atoms with E-state index in [1.54, 1.807) is 18.2 Å². The van der Waals surface area contributed by atoms with Gasteiger partial charge in [0.15, 0.2) is 5.82 Å². The lowest BCUT2D eigenvalue weighted by Gasteiger charge is -2.13. The maximum atomic E-state index is 12.4. The molecule has 0 aliphatic carbocycles. The van der Waals surface area contributed by atoms with Crippen molar-refractivity contribution in [2.45, 2.75) is 12.3 Å². The summed E-state index contributed by atoms with van der Waals surface area (Å²) in [6.07, 6.45) is -1.78. The second-order valence-electron chi connectivity index (χ2n) is 4.70. The number of hydrogen-bond acceptors (Lipinski definition) is 4. The molecule has 3 rings (SSSR count). The number of rotatable bonds is 3. The number of pyridine rings is 1. The van der Waals surface area contributed by atoms with E-state index in [2.05, 4.69) is 14.8 Å². The van der Waals surface area contributed by atoms with Crippen molar-refractivity contribution in [3.63, 3.8) is 0 Å². The highest BCUT2D eigenvalue weighted by atomic mass is 19.4. The summed E-state index contributed by atoms with van der Waals surface area (Å²) in [6, 6.07) is 10.2. The van der Waals surface area contributed by atoms with Gasteiger partial charge in [-0.3, -0.25) is 4.79 Å². The summed E-state index contributed by atoms with van der Waals surface area (Å²) in [6.45, 7) is 0. The number of anilines is 1. The van der Waals surface area contributed by atoms with Gasteiger partial charge in [-0.05, 0) is 29.8 Å². The molecule has 1 aromatic heterocycles. The molecule has 1 atom stereocenters. The Labute approximate surface area is 129 Å². The highest BCUT2D eigenvalue weighted by Gasteiger charge is 2.33. The fourth-order valence-electron chi connectivity index (χ4n) is 2.14. The van der Waals surface area contributed by atoms with Gasteiger partial charge in [-0.2, -0.15) is 10.1 Å². The lowest BCUT2D eigenvalue weighted by atomic mass is 10.00. The Morgan fingerprint density at radius 2 is 1.83 bits per heavy atom. The zero-order chi connectivity index (χ0) is 16.4. The second-order valence-corrected chi connectivity index (χ2v) is 4.70. The first-order valence-electron chi connectivity index (χ1n) is 6.59. The fraction of sp³-hybridized carbons (Fsp3) is 0.133. The van der Waals surface area contributed by atoms with Crippen LogP contribution in [-0.4, -0.2) is 23.5 Å². The first-order chi connectivity index (χ1) is 10.9. The molecule has 2 heterocycles. The van der Waals surface area contributed by atoms with Crippen molar-refractivity contribution < 1.29 is 22.7 Å². The first kappa shape index (κ1) is 15.0. The van der Waals surface area contributed by atoms with Crippen LogP contribution in [0.15, 0.2) is 53.8 Å². The Kier molecular flexibility index (Phi) is 3.73. The third-order valence-corrected chi connectivity index (χ3v) is 3.15. The third kappa shape index (κ3) is 3.31. The Bertz CT molecular complexity index is 730. The number of hydrogen-bond donors (Lipinski definition) is 0. The molecular formula is C15H10F3N3O2. The van der Waals surface area contributed by atoms with Crippen LogP contribution in [0.5, 0.6) is 5.75 Å². The quantitative estimate of drug-likeness (QED) is 0.873. The van der Waals surface area contributed by atoms with Crippen LogP contribution in [0, 0.1) is 0 Å². The van der Waals surface area contributed by atoms with E-state index in [0.717, 1.165) is 17.1 Å². The Balaban J connectivity index is 1.76. The smallest absolute Gasteiger partial charge is 0.406 e. The van der Waals surface area contributed by atoms with Gasteiger partial charge in [-0.25, -0.2) is 4.98 Å². The molecule has 1 aliphatic heterocycles. The standard InChI is InChI=1S/C15H10F3N3O2/c16-15(17,18)23-11-6-4-10(5-7-11)12-9-20-21(14(12)22)13-3-1-2-8-19-13/h1-9,12H. The van der Waals surface area contributed by atoms with Crippen molar-refractivity contribution in [2.24, 2.45) is 5.10 Å². The number of hydrazone groups is 1. The Morgan fingerprint density at radius 1 is 1.09 bits per heavy atom. The second kappa shape index (κ2) is 5.71. The summed E-state index contributed by atoms with van der Waals surface area (Å²) in [5.74, 6) is -0.955. The molecule has 0 saturated heterocycles. The number of halogens is 3. The molecule has 1 amide bonds. The van der Waals surface area contributed by atoms with E-state index in [1.807, 2.05) is 0 Å². The minimum atomic E-state index is -4.75. The minimum absolute atomic E-state index is 0.326. The third-order valence-electron chi connectivity index (χ3n) is 3.15. The molecule has 1 aromatic carbocycles. The van der Waals surface area contributed by atoms with Crippen molar-refractivity contribution in [2.75, 3.05) is 5.01 Å². The molecule has 0 bridgehead atoms. The van der Waals surface area contributed by atoms with Crippen molar-refractivity contribution in [1.82, 2.24) is 4.98 Å². The minimum Gasteiger partial charge on any atom is -0.406 e. The summed E-state index contributed by atoms with van der Waals surface area (Å²) in [4.78, 5) is 16.4. The van der Waals surface area contributed by atoms with Gasteiger partial charge in [-0.1, -0.05) is 18.2 Å². The molecule has 2 aromatic rings. The topological polar surface area (TPSA) is 54.8 Å². The molecule has 0 fully saturated rings. The monoisotopic (exact) mass is 321 g/mol. The fourth-order valence-corrected chi connectivity index (χ4v) is 2.14. The first-order valence-corrected chi connectivity index (χ1v) is 6.59. The van der Waals surface area contributed by atoms with Crippen molar-refractivity contribution in [1.29, 1.82) is 0 Å². The van der Waals surface area contributed by atoms with Gasteiger partial charge >= 0.3 is 6.36 Å². The predicted molar refractivity (Wildman–Crippen MR) is 76.1 cm³/mol. The molecule has 0 spiro atoms. The van der Waals surface area contributed by atoms with Crippen LogP contribution in [0.4, 0.5) is 19.0 Å². The number of amides is 1. The number of ether oxygens (including phenoxy) is 1. The van der Waals surface area contributed by atoms with E-state index in [9.17, 15) is 18.0 Å². The van der Waals surface area contributed by atoms with Gasteiger partial charge in [-0.15, -0.1) is 13.2 Å². The zero-order valence-corrected chi connectivity index (χ0v) is 11.6. The van der Waals surface area contributed by atoms with Crippen molar-refractivity contribution in [3.05, 3.63) is 54.2 Å². The van der Waals surface area contributed by atoms with Gasteiger partial charge in [0.25, 0.3) is 5.91 Å². The van der Waals surface area contributed by atoms with E-state index >= 15 is 0 Å². The normalized spacial score (nSPS) is 17.6. The van der Waals surface area contributed by atoms with Gasteiger partial charge in [0.05, 0.1) is 0 Å². The van der Waals surface area contributed by atoms with Crippen LogP contribution >= 0.6 is 0 Å². The molecule has 118 valence electrons. The van der Waals surface area contributed by atoms with Crippen LogP contribution in [0.1, 0.15) is 11.5 Å². The summed E-state index contributed by atoms with van der Waals surface area (Å²) >= 11 is 0. The molecule has 23 heavy (non-hydrogen) atoms. The average molecular weight is 321 g/mol. The van der Waals surface area contributed by atoms with E-state index in [1.165, 1.54) is 24.5 Å². The number of nitrogens with zero attached hydrogens (tertiary/aromatic N) is 3. The molecule has 1 unspecified atom stereocenters. The van der Waals surface area contributed by atoms with Crippen molar-refractivity contribution >= 4 is 17.9 Å². The largest absolute Gasteiger partial charge is 0.573 e. The number of carbonyl (C=O) groups excluding carboxylic acids is 1. The number of alkyl halides is 3. The van der Waals surface area contributed by atoms with Crippen LogP contribution in [0.25, 0.3) is 0 Å². The molecule has 1 aliphatic rings. The van der Waals surface area contributed by atoms with E-state index in [-0.39, 0.29) is 11.7 Å². The summed E-state index contributed by atoms with van der Waals surface area (Å²) < 4.78 is 40.2. The SMILES string of the molecule is O=C1C(c2ccc(OC(F)(F)F)cc2)C=NN1c1ccccn1. The van der Waals surface area contributed by atoms with E-state index < -0.39 is 12.3 Å². The molecule has 0 saturated carbocycles. The Hall–Kier alpha value is -2.90. The van der Waals surface area contributed by atoms with Crippen LogP contribution in [-0.2, 0) is 4.79 Å². The van der Waals surface area contributed by atoms with Crippen LogP contribution < -0.4 is 9.75 Å². The van der Waals surface area contributed by atoms with Gasteiger partial charge < -0.3 is 4.74 Å². The number of carbonyl (C=O) groups is 1. The zero-order valence-electron chi connectivity index (χ0n) is 11.6. The van der Waals surface area contributed by atoms with Crippen molar-refractivity contribution in [3.8, 4) is 5.75 Å². The molecule has 5 nitrogen and oxygen atoms in total. The number of aromatic nitrogens is 1. The maximum Gasteiger partial charge on any atom is 0.573 e. The lowest BCUT2D eigenvalue weighted by Crippen LogP contribution is -2.25. The summed E-state index contributed by atoms with van der Waals surface area (Å²) in [5.41, 5.74) is 0.520.